The fourth-order valence-corrected chi connectivity index (χ4v) is 1.76. The zero-order valence-corrected chi connectivity index (χ0v) is 11.7. The first kappa shape index (κ1) is 13.9. The number of carbonyl (C=O) groups excluding carboxylic acids is 1. The van der Waals surface area contributed by atoms with E-state index in [1.165, 1.54) is 0 Å². The molecule has 1 heterocycles. The van der Waals surface area contributed by atoms with Crippen molar-refractivity contribution in [2.24, 2.45) is 7.05 Å². The Kier molecular flexibility index (Phi) is 4.24. The quantitative estimate of drug-likeness (QED) is 0.907. The molecule has 0 aliphatic carbocycles. The number of nitrogens with zero attached hydrogens (tertiary/aromatic N) is 2. The summed E-state index contributed by atoms with van der Waals surface area (Å²) in [5.41, 5.74) is 0.486. The van der Waals surface area contributed by atoms with Crippen LogP contribution in [0, 0.1) is 0 Å². The maximum atomic E-state index is 12.1. The van der Waals surface area contributed by atoms with E-state index in [0.717, 1.165) is 0 Å². The predicted molar refractivity (Wildman–Crippen MR) is 75.3 cm³/mol. The van der Waals surface area contributed by atoms with Gasteiger partial charge in [-0.25, -0.2) is 0 Å². The minimum atomic E-state index is -0.243. The molecule has 1 N–H and O–H groups in total. The smallest absolute Gasteiger partial charge is 0.257 e. The maximum Gasteiger partial charge on any atom is 0.257 e. The molecule has 20 heavy (non-hydrogen) atoms. The van der Waals surface area contributed by atoms with Gasteiger partial charge in [-0.2, -0.15) is 5.10 Å². The molecule has 0 unspecified atom stereocenters. The Balaban J connectivity index is 2.19. The number of nitrogens with one attached hydrogen (secondary N) is 1. The second-order valence-corrected chi connectivity index (χ2v) is 4.13. The van der Waals surface area contributed by atoms with Crippen molar-refractivity contribution in [3.05, 3.63) is 36.0 Å². The van der Waals surface area contributed by atoms with Crippen molar-refractivity contribution in [2.75, 3.05) is 19.0 Å². The number of hydrogen-bond donors (Lipinski definition) is 1. The van der Waals surface area contributed by atoms with Gasteiger partial charge in [0.15, 0.2) is 17.3 Å². The molecule has 2 aromatic rings. The second kappa shape index (κ2) is 6.10. The van der Waals surface area contributed by atoms with Crippen LogP contribution in [0.25, 0.3) is 0 Å². The molecule has 2 rings (SSSR count). The van der Waals surface area contributed by atoms with E-state index in [4.69, 9.17) is 9.47 Å². The predicted octanol–water partition coefficient (Wildman–Crippen LogP) is 2.08. The molecule has 0 aliphatic rings. The van der Waals surface area contributed by atoms with E-state index >= 15 is 0 Å². The molecule has 0 saturated heterocycles. The summed E-state index contributed by atoms with van der Waals surface area (Å²) in [6, 6.07) is 6.77. The van der Waals surface area contributed by atoms with Crippen molar-refractivity contribution >= 4 is 11.7 Å². The van der Waals surface area contributed by atoms with Crippen molar-refractivity contribution in [3.63, 3.8) is 0 Å². The summed E-state index contributed by atoms with van der Waals surface area (Å²) in [6.45, 7) is 2.38. The minimum Gasteiger partial charge on any atom is -0.493 e. The third-order valence-corrected chi connectivity index (χ3v) is 2.68. The molecule has 0 atom stereocenters. The van der Waals surface area contributed by atoms with Gasteiger partial charge in [-0.1, -0.05) is 0 Å². The van der Waals surface area contributed by atoms with E-state index in [2.05, 4.69) is 10.4 Å². The van der Waals surface area contributed by atoms with Crippen LogP contribution in [-0.4, -0.2) is 29.4 Å². The van der Waals surface area contributed by atoms with Crippen LogP contribution >= 0.6 is 0 Å². The lowest BCUT2D eigenvalue weighted by Gasteiger charge is -2.10. The van der Waals surface area contributed by atoms with Gasteiger partial charge in [0.2, 0.25) is 0 Å². The molecule has 0 saturated carbocycles. The number of aryl methyl sites for hydroxylation is 1. The Bertz CT molecular complexity index is 607. The summed E-state index contributed by atoms with van der Waals surface area (Å²) in [7, 11) is 3.35. The molecule has 106 valence electrons. The summed E-state index contributed by atoms with van der Waals surface area (Å²) < 4.78 is 12.3. The summed E-state index contributed by atoms with van der Waals surface area (Å²) >= 11 is 0. The first-order valence-corrected chi connectivity index (χ1v) is 6.26. The van der Waals surface area contributed by atoms with Gasteiger partial charge >= 0.3 is 0 Å². The van der Waals surface area contributed by atoms with Crippen LogP contribution in [0.4, 0.5) is 5.82 Å². The third-order valence-electron chi connectivity index (χ3n) is 2.68. The normalized spacial score (nSPS) is 10.2. The fourth-order valence-electron chi connectivity index (χ4n) is 1.76. The maximum absolute atomic E-state index is 12.1. The molecule has 6 nitrogen and oxygen atoms in total. The molecule has 0 spiro atoms. The van der Waals surface area contributed by atoms with E-state index in [1.54, 1.807) is 49.3 Å². The van der Waals surface area contributed by atoms with Crippen LogP contribution in [0.5, 0.6) is 11.5 Å². The van der Waals surface area contributed by atoms with Crippen LogP contribution in [0.1, 0.15) is 17.3 Å². The Morgan fingerprint density at radius 2 is 2.15 bits per heavy atom. The fraction of sp³-hybridized carbons (Fsp3) is 0.286. The molecule has 1 aromatic carbocycles. The zero-order valence-electron chi connectivity index (χ0n) is 11.7. The molecule has 0 aliphatic heterocycles. The summed E-state index contributed by atoms with van der Waals surface area (Å²) in [6.07, 6.45) is 1.76. The van der Waals surface area contributed by atoms with Gasteiger partial charge in [0.05, 0.1) is 13.7 Å². The number of ether oxygens (including phenoxy) is 2. The monoisotopic (exact) mass is 275 g/mol. The number of rotatable bonds is 5. The van der Waals surface area contributed by atoms with E-state index in [1.807, 2.05) is 6.92 Å². The van der Waals surface area contributed by atoms with Crippen LogP contribution in [0.3, 0.4) is 0 Å². The highest BCUT2D eigenvalue weighted by atomic mass is 16.5. The standard InChI is InChI=1S/C14H17N3O3/c1-4-20-12-9-10(5-6-11(12)19-3)14(18)15-13-7-8-17(2)16-13/h5-9H,4H2,1-3H3,(H,15,16,18). The second-order valence-electron chi connectivity index (χ2n) is 4.13. The van der Waals surface area contributed by atoms with Gasteiger partial charge < -0.3 is 14.8 Å². The van der Waals surface area contributed by atoms with Gasteiger partial charge in [0.1, 0.15) is 0 Å². The molecule has 1 aromatic heterocycles. The van der Waals surface area contributed by atoms with Gasteiger partial charge in [-0.15, -0.1) is 0 Å². The average molecular weight is 275 g/mol. The highest BCUT2D eigenvalue weighted by Gasteiger charge is 2.12. The van der Waals surface area contributed by atoms with Gasteiger partial charge in [0.25, 0.3) is 5.91 Å². The number of carbonyl (C=O) groups is 1. The van der Waals surface area contributed by atoms with Crippen molar-refractivity contribution in [1.29, 1.82) is 0 Å². The Labute approximate surface area is 117 Å². The van der Waals surface area contributed by atoms with Crippen LogP contribution in [0.2, 0.25) is 0 Å². The summed E-state index contributed by atoms with van der Waals surface area (Å²) in [4.78, 5) is 12.1. The number of anilines is 1. The zero-order chi connectivity index (χ0) is 14.5. The number of methoxy groups -OCH3 is 1. The van der Waals surface area contributed by atoms with Crippen molar-refractivity contribution in [3.8, 4) is 11.5 Å². The minimum absolute atomic E-state index is 0.243. The number of amides is 1. The number of hydrogen-bond acceptors (Lipinski definition) is 4. The molecular formula is C14H17N3O3. The Morgan fingerprint density at radius 3 is 2.75 bits per heavy atom. The van der Waals surface area contributed by atoms with E-state index in [9.17, 15) is 4.79 Å². The molecule has 1 amide bonds. The highest BCUT2D eigenvalue weighted by molar-refractivity contribution is 6.04. The van der Waals surface area contributed by atoms with Crippen molar-refractivity contribution in [2.45, 2.75) is 6.92 Å². The average Bonchev–Trinajstić information content (AvgIpc) is 2.84. The topological polar surface area (TPSA) is 65.4 Å². The van der Waals surface area contributed by atoms with Crippen LogP contribution in [0.15, 0.2) is 30.5 Å². The molecule has 0 bridgehead atoms. The first-order chi connectivity index (χ1) is 9.63. The summed E-state index contributed by atoms with van der Waals surface area (Å²) in [5.74, 6) is 1.41. The van der Waals surface area contributed by atoms with E-state index < -0.39 is 0 Å². The van der Waals surface area contributed by atoms with Gasteiger partial charge in [-0.05, 0) is 25.1 Å². The molecule has 0 radical (unpaired) electrons. The van der Waals surface area contributed by atoms with E-state index in [0.29, 0.717) is 29.5 Å². The Hall–Kier alpha value is -2.50. The lowest BCUT2D eigenvalue weighted by Crippen LogP contribution is -2.13. The van der Waals surface area contributed by atoms with Crippen molar-refractivity contribution in [1.82, 2.24) is 9.78 Å². The number of benzene rings is 1. The largest absolute Gasteiger partial charge is 0.493 e. The van der Waals surface area contributed by atoms with Crippen molar-refractivity contribution < 1.29 is 14.3 Å². The SMILES string of the molecule is CCOc1cc(C(=O)Nc2ccn(C)n2)ccc1OC. The first-order valence-electron chi connectivity index (χ1n) is 6.26. The van der Waals surface area contributed by atoms with Gasteiger partial charge in [-0.3, -0.25) is 9.48 Å². The summed E-state index contributed by atoms with van der Waals surface area (Å²) in [5, 5.41) is 6.82. The highest BCUT2D eigenvalue weighted by Crippen LogP contribution is 2.28. The van der Waals surface area contributed by atoms with Crippen LogP contribution in [-0.2, 0) is 7.05 Å². The lowest BCUT2D eigenvalue weighted by molar-refractivity contribution is 0.102. The molecule has 6 heteroatoms. The molecular weight excluding hydrogens is 258 g/mol. The molecule has 0 fully saturated rings. The van der Waals surface area contributed by atoms with E-state index in [-0.39, 0.29) is 5.91 Å². The van der Waals surface area contributed by atoms with Crippen LogP contribution < -0.4 is 14.8 Å². The lowest BCUT2D eigenvalue weighted by atomic mass is 10.2. The van der Waals surface area contributed by atoms with Gasteiger partial charge in [0, 0.05) is 24.9 Å². The third kappa shape index (κ3) is 3.09. The number of aromatic nitrogens is 2. The Morgan fingerprint density at radius 1 is 1.35 bits per heavy atom.